The maximum absolute atomic E-state index is 13.1. The van der Waals surface area contributed by atoms with Crippen LogP contribution >= 0.6 is 0 Å². The molecule has 1 fully saturated rings. The van der Waals surface area contributed by atoms with Crippen molar-refractivity contribution in [2.75, 3.05) is 31.2 Å². The molecule has 1 heterocycles. The molecule has 2 atom stereocenters. The molecule has 1 aliphatic heterocycles. The lowest BCUT2D eigenvalue weighted by Gasteiger charge is -2.29. The van der Waals surface area contributed by atoms with Crippen molar-refractivity contribution < 1.29 is 19.1 Å². The Hall–Kier alpha value is -3.06. The largest absolute Gasteiger partial charge is 0.444 e. The first kappa shape index (κ1) is 24.6. The summed E-state index contributed by atoms with van der Waals surface area (Å²) in [5.41, 5.74) is 2.45. The number of anilines is 1. The van der Waals surface area contributed by atoms with Crippen LogP contribution < -0.4 is 15.5 Å². The minimum Gasteiger partial charge on any atom is -0.444 e. The van der Waals surface area contributed by atoms with Gasteiger partial charge in [0.1, 0.15) is 11.6 Å². The molecule has 3 rings (SSSR count). The summed E-state index contributed by atoms with van der Waals surface area (Å²) in [6.07, 6.45) is -0.240. The molecule has 1 aliphatic rings. The molecule has 0 saturated carbocycles. The van der Waals surface area contributed by atoms with Crippen molar-refractivity contribution in [1.29, 1.82) is 0 Å². The van der Waals surface area contributed by atoms with Crippen molar-refractivity contribution in [3.63, 3.8) is 0 Å². The molecular formula is C26H35N3O4. The van der Waals surface area contributed by atoms with E-state index in [0.29, 0.717) is 6.42 Å². The predicted octanol–water partition coefficient (Wildman–Crippen LogP) is 3.84. The van der Waals surface area contributed by atoms with E-state index in [4.69, 9.17) is 9.47 Å². The Morgan fingerprint density at radius 1 is 1.00 bits per heavy atom. The number of ether oxygens (including phenoxy) is 2. The fourth-order valence-electron chi connectivity index (χ4n) is 3.70. The number of carbonyl (C=O) groups excluding carboxylic acids is 2. The van der Waals surface area contributed by atoms with Gasteiger partial charge in [-0.05, 0) is 51.0 Å². The molecule has 0 radical (unpaired) electrons. The molecule has 0 bridgehead atoms. The van der Waals surface area contributed by atoms with Gasteiger partial charge in [0, 0.05) is 25.2 Å². The molecule has 2 unspecified atom stereocenters. The number of hydrogen-bond donors (Lipinski definition) is 2. The number of benzene rings is 2. The quantitative estimate of drug-likeness (QED) is 0.666. The topological polar surface area (TPSA) is 79.9 Å². The highest BCUT2D eigenvalue weighted by atomic mass is 16.6. The van der Waals surface area contributed by atoms with E-state index in [0.717, 1.165) is 43.1 Å². The van der Waals surface area contributed by atoms with Crippen LogP contribution in [0.15, 0.2) is 54.6 Å². The van der Waals surface area contributed by atoms with E-state index in [1.165, 1.54) is 0 Å². The summed E-state index contributed by atoms with van der Waals surface area (Å²) in [4.78, 5) is 27.8. The van der Waals surface area contributed by atoms with Gasteiger partial charge in [0.05, 0.1) is 19.3 Å². The Morgan fingerprint density at radius 3 is 2.24 bits per heavy atom. The number of morpholine rings is 1. The van der Waals surface area contributed by atoms with Crippen LogP contribution in [0.3, 0.4) is 0 Å². The highest BCUT2D eigenvalue weighted by molar-refractivity contribution is 5.86. The second-order valence-corrected chi connectivity index (χ2v) is 9.31. The lowest BCUT2D eigenvalue weighted by atomic mass is 10.0. The second-order valence-electron chi connectivity index (χ2n) is 9.31. The van der Waals surface area contributed by atoms with Crippen LogP contribution in [0.4, 0.5) is 10.5 Å². The number of amides is 2. The fourth-order valence-corrected chi connectivity index (χ4v) is 3.70. The number of alkyl carbamates (subject to hydrolysis) is 1. The molecule has 2 amide bonds. The maximum Gasteiger partial charge on any atom is 0.408 e. The highest BCUT2D eigenvalue weighted by Crippen LogP contribution is 2.20. The minimum atomic E-state index is -0.752. The predicted molar refractivity (Wildman–Crippen MR) is 129 cm³/mol. The summed E-state index contributed by atoms with van der Waals surface area (Å²) in [7, 11) is 0. The highest BCUT2D eigenvalue weighted by Gasteiger charge is 2.26. The van der Waals surface area contributed by atoms with Crippen LogP contribution in [0.1, 0.15) is 44.9 Å². The Morgan fingerprint density at radius 2 is 1.64 bits per heavy atom. The summed E-state index contributed by atoms with van der Waals surface area (Å²) in [6.45, 7) is 10.6. The fraction of sp³-hybridized carbons (Fsp3) is 0.462. The lowest BCUT2D eigenvalue weighted by Crippen LogP contribution is -2.49. The van der Waals surface area contributed by atoms with E-state index in [1.807, 2.05) is 49.4 Å². The average molecular weight is 454 g/mol. The van der Waals surface area contributed by atoms with Crippen molar-refractivity contribution in [1.82, 2.24) is 10.6 Å². The maximum atomic E-state index is 13.1. The van der Waals surface area contributed by atoms with Gasteiger partial charge in [-0.1, -0.05) is 42.5 Å². The molecule has 7 heteroatoms. The van der Waals surface area contributed by atoms with Gasteiger partial charge in [0.25, 0.3) is 0 Å². The summed E-state index contributed by atoms with van der Waals surface area (Å²) in [5.74, 6) is -0.255. The first-order chi connectivity index (χ1) is 15.7. The first-order valence-corrected chi connectivity index (χ1v) is 11.5. The first-order valence-electron chi connectivity index (χ1n) is 11.5. The zero-order chi connectivity index (χ0) is 23.8. The average Bonchev–Trinajstić information content (AvgIpc) is 2.79. The molecule has 0 spiro atoms. The third-order valence-electron chi connectivity index (χ3n) is 5.42. The van der Waals surface area contributed by atoms with Gasteiger partial charge >= 0.3 is 6.09 Å². The van der Waals surface area contributed by atoms with Crippen LogP contribution in [0.2, 0.25) is 0 Å². The van der Waals surface area contributed by atoms with Gasteiger partial charge in [-0.15, -0.1) is 0 Å². The van der Waals surface area contributed by atoms with E-state index in [2.05, 4.69) is 27.7 Å². The van der Waals surface area contributed by atoms with Crippen molar-refractivity contribution >= 4 is 17.7 Å². The second kappa shape index (κ2) is 11.2. The number of nitrogens with one attached hydrogen (secondary N) is 2. The molecule has 1 saturated heterocycles. The van der Waals surface area contributed by atoms with Crippen LogP contribution in [0.25, 0.3) is 0 Å². The third-order valence-corrected chi connectivity index (χ3v) is 5.42. The summed E-state index contributed by atoms with van der Waals surface area (Å²) < 4.78 is 10.8. The van der Waals surface area contributed by atoms with Crippen molar-refractivity contribution in [3.05, 3.63) is 65.7 Å². The molecule has 7 nitrogen and oxygen atoms in total. The zero-order valence-corrected chi connectivity index (χ0v) is 20.0. The Kier molecular flexibility index (Phi) is 8.33. The lowest BCUT2D eigenvalue weighted by molar-refractivity contribution is -0.123. The Balaban J connectivity index is 1.66. The van der Waals surface area contributed by atoms with Crippen molar-refractivity contribution in [2.24, 2.45) is 0 Å². The number of carbonyl (C=O) groups is 2. The molecule has 0 aliphatic carbocycles. The molecule has 178 valence electrons. The molecule has 2 N–H and O–H groups in total. The van der Waals surface area contributed by atoms with Gasteiger partial charge in [-0.25, -0.2) is 4.79 Å². The Labute approximate surface area is 196 Å². The molecular weight excluding hydrogens is 418 g/mol. The van der Waals surface area contributed by atoms with Gasteiger partial charge in [0.15, 0.2) is 0 Å². The summed E-state index contributed by atoms with van der Waals surface area (Å²) in [6, 6.07) is 16.9. The standard InChI is InChI=1S/C26H35N3O4/c1-19(21-10-12-22(13-11-21)29-14-16-32-17-15-29)27-24(30)23(18-20-8-6-5-7-9-20)28-25(31)33-26(2,3)4/h5-13,19,23H,14-18H2,1-4H3,(H,27,30)(H,28,31). The van der Waals surface area contributed by atoms with Gasteiger partial charge < -0.3 is 25.0 Å². The van der Waals surface area contributed by atoms with E-state index in [-0.39, 0.29) is 11.9 Å². The normalized spacial score (nSPS) is 15.9. The van der Waals surface area contributed by atoms with E-state index in [1.54, 1.807) is 20.8 Å². The van der Waals surface area contributed by atoms with E-state index >= 15 is 0 Å². The SMILES string of the molecule is CC(NC(=O)C(Cc1ccccc1)NC(=O)OC(C)(C)C)c1ccc(N2CCOCC2)cc1. The molecule has 2 aromatic carbocycles. The zero-order valence-electron chi connectivity index (χ0n) is 20.0. The number of nitrogens with zero attached hydrogens (tertiary/aromatic N) is 1. The summed E-state index contributed by atoms with van der Waals surface area (Å²) in [5, 5.41) is 5.78. The third kappa shape index (κ3) is 7.79. The Bertz CT molecular complexity index is 903. The van der Waals surface area contributed by atoms with Crippen LogP contribution in [-0.2, 0) is 20.7 Å². The molecule has 2 aromatic rings. The van der Waals surface area contributed by atoms with Gasteiger partial charge in [0.2, 0.25) is 5.91 Å². The van der Waals surface area contributed by atoms with Gasteiger partial charge in [-0.2, -0.15) is 0 Å². The van der Waals surface area contributed by atoms with Crippen LogP contribution in [-0.4, -0.2) is 49.9 Å². The van der Waals surface area contributed by atoms with Crippen molar-refractivity contribution in [2.45, 2.75) is 51.8 Å². The molecule has 0 aromatic heterocycles. The molecule has 33 heavy (non-hydrogen) atoms. The number of rotatable bonds is 7. The number of hydrogen-bond acceptors (Lipinski definition) is 5. The van der Waals surface area contributed by atoms with E-state index in [9.17, 15) is 9.59 Å². The van der Waals surface area contributed by atoms with Crippen LogP contribution in [0.5, 0.6) is 0 Å². The minimum absolute atomic E-state index is 0.213. The summed E-state index contributed by atoms with van der Waals surface area (Å²) >= 11 is 0. The smallest absolute Gasteiger partial charge is 0.408 e. The van der Waals surface area contributed by atoms with Gasteiger partial charge in [-0.3, -0.25) is 4.79 Å². The monoisotopic (exact) mass is 453 g/mol. The van der Waals surface area contributed by atoms with Crippen molar-refractivity contribution in [3.8, 4) is 0 Å². The van der Waals surface area contributed by atoms with E-state index < -0.39 is 17.7 Å². The van der Waals surface area contributed by atoms with Crippen LogP contribution in [0, 0.1) is 0 Å².